The van der Waals surface area contributed by atoms with Crippen molar-refractivity contribution in [2.45, 2.75) is 44.4 Å². The summed E-state index contributed by atoms with van der Waals surface area (Å²) in [4.78, 5) is 29.2. The lowest BCUT2D eigenvalue weighted by atomic mass is 9.88. The standard InChI is InChI=1S/C34H39F2N3O6.CHF3/c1-38(2)19-21-8-11-29(43-3)30(32(21)44-4)25-10-9-23-20(6-5-7-24(23)25)16-28(34(41)42)37-33(40)31-26(35)17-22(18-27(31)36)39-12-14-45-15-13-39;2-1(3)4/h5-8,11,17-18,25,28H,9-10,12-16,19H2,1-4H3,(H,37,40)(H,41,42);1H. The van der Waals surface area contributed by atoms with E-state index in [9.17, 15) is 27.9 Å². The highest BCUT2D eigenvalue weighted by atomic mass is 19.4. The molecule has 1 aliphatic heterocycles. The predicted octanol–water partition coefficient (Wildman–Crippen LogP) is 5.56. The molecule has 0 bridgehead atoms. The van der Waals surface area contributed by atoms with Crippen molar-refractivity contribution in [1.29, 1.82) is 0 Å². The van der Waals surface area contributed by atoms with Gasteiger partial charge in [-0.2, -0.15) is 13.2 Å². The molecule has 2 N–H and O–H groups in total. The van der Waals surface area contributed by atoms with Crippen LogP contribution in [-0.4, -0.2) is 89.2 Å². The van der Waals surface area contributed by atoms with Crippen LogP contribution >= 0.6 is 0 Å². The number of amides is 1. The fourth-order valence-corrected chi connectivity index (χ4v) is 6.49. The van der Waals surface area contributed by atoms with Gasteiger partial charge in [0.25, 0.3) is 5.91 Å². The first-order valence-corrected chi connectivity index (χ1v) is 15.6. The van der Waals surface area contributed by atoms with Crippen molar-refractivity contribution >= 4 is 17.6 Å². The number of halogens is 5. The molecule has 14 heteroatoms. The van der Waals surface area contributed by atoms with Gasteiger partial charge in [-0.3, -0.25) is 4.79 Å². The number of alkyl halides is 3. The molecular formula is C35H40F5N3O6. The quantitative estimate of drug-likeness (QED) is 0.252. The molecule has 3 aromatic rings. The molecular weight excluding hydrogens is 653 g/mol. The van der Waals surface area contributed by atoms with Gasteiger partial charge in [0.2, 0.25) is 0 Å². The van der Waals surface area contributed by atoms with Crippen LogP contribution in [0.4, 0.5) is 27.6 Å². The van der Waals surface area contributed by atoms with Gasteiger partial charge < -0.3 is 34.4 Å². The zero-order valence-corrected chi connectivity index (χ0v) is 27.7. The van der Waals surface area contributed by atoms with Crippen LogP contribution in [0, 0.1) is 11.6 Å². The van der Waals surface area contributed by atoms with E-state index in [0.29, 0.717) is 50.7 Å². The van der Waals surface area contributed by atoms with Crippen molar-refractivity contribution < 1.29 is 50.9 Å². The van der Waals surface area contributed by atoms with E-state index < -0.39 is 41.8 Å². The first-order valence-electron chi connectivity index (χ1n) is 15.6. The molecule has 1 heterocycles. The summed E-state index contributed by atoms with van der Waals surface area (Å²) in [5.41, 5.74) is 4.20. The van der Waals surface area contributed by atoms with Crippen molar-refractivity contribution in [1.82, 2.24) is 10.2 Å². The summed E-state index contributed by atoms with van der Waals surface area (Å²) < 4.78 is 76.1. The molecule has 1 fully saturated rings. The number of aliphatic carboxylic acids is 1. The first kappa shape index (κ1) is 37.4. The van der Waals surface area contributed by atoms with Gasteiger partial charge >= 0.3 is 12.6 Å². The summed E-state index contributed by atoms with van der Waals surface area (Å²) in [7, 11) is 7.24. The van der Waals surface area contributed by atoms with Gasteiger partial charge in [0, 0.05) is 48.8 Å². The molecule has 0 saturated carbocycles. The number of morpholine rings is 1. The van der Waals surface area contributed by atoms with E-state index >= 15 is 8.78 Å². The molecule has 266 valence electrons. The molecule has 1 aliphatic carbocycles. The second kappa shape index (κ2) is 16.8. The van der Waals surface area contributed by atoms with E-state index in [1.807, 2.05) is 44.4 Å². The number of ether oxygens (including phenoxy) is 3. The van der Waals surface area contributed by atoms with Gasteiger partial charge in [-0.1, -0.05) is 24.3 Å². The fourth-order valence-electron chi connectivity index (χ4n) is 6.49. The van der Waals surface area contributed by atoms with Crippen molar-refractivity contribution in [2.24, 2.45) is 0 Å². The molecule has 9 nitrogen and oxygen atoms in total. The summed E-state index contributed by atoms with van der Waals surface area (Å²) in [5.74, 6) is -3.13. The number of fused-ring (bicyclic) bond motifs is 1. The Morgan fingerprint density at radius 3 is 2.24 bits per heavy atom. The largest absolute Gasteiger partial charge is 0.496 e. The highest BCUT2D eigenvalue weighted by Crippen LogP contribution is 2.48. The summed E-state index contributed by atoms with van der Waals surface area (Å²) in [5, 5.41) is 12.4. The average Bonchev–Trinajstić information content (AvgIpc) is 3.48. The minimum absolute atomic E-state index is 0.0546. The molecule has 0 radical (unpaired) electrons. The summed E-state index contributed by atoms with van der Waals surface area (Å²) in [6.07, 6.45) is 1.37. The molecule has 2 unspecified atom stereocenters. The van der Waals surface area contributed by atoms with Crippen molar-refractivity contribution in [2.75, 3.05) is 59.5 Å². The topological polar surface area (TPSA) is 101 Å². The van der Waals surface area contributed by atoms with Gasteiger partial charge in [0.1, 0.15) is 34.7 Å². The zero-order valence-electron chi connectivity index (χ0n) is 27.7. The number of carboxylic acid groups (broad SMARTS) is 1. The van der Waals surface area contributed by atoms with Gasteiger partial charge in [0.15, 0.2) is 0 Å². The maximum atomic E-state index is 15.1. The number of benzene rings is 3. The fraction of sp³-hybridized carbons (Fsp3) is 0.429. The monoisotopic (exact) mass is 693 g/mol. The molecule has 0 aromatic heterocycles. The van der Waals surface area contributed by atoms with Gasteiger partial charge in [-0.25, -0.2) is 13.6 Å². The number of rotatable bonds is 11. The molecule has 2 atom stereocenters. The number of hydrogen-bond acceptors (Lipinski definition) is 7. The van der Waals surface area contributed by atoms with Gasteiger partial charge in [0.05, 0.1) is 27.4 Å². The Bertz CT molecular complexity index is 1610. The Kier molecular flexibility index (Phi) is 12.8. The Hall–Kier alpha value is -4.43. The molecule has 49 heavy (non-hydrogen) atoms. The number of anilines is 1. The molecule has 3 aromatic carbocycles. The molecule has 5 rings (SSSR count). The summed E-state index contributed by atoms with van der Waals surface area (Å²) >= 11 is 0. The number of hydrogen-bond donors (Lipinski definition) is 2. The van der Waals surface area contributed by atoms with Crippen molar-refractivity contribution in [3.8, 4) is 11.5 Å². The lowest BCUT2D eigenvalue weighted by Gasteiger charge is -2.29. The van der Waals surface area contributed by atoms with Crippen LogP contribution in [-0.2, 0) is 28.9 Å². The Morgan fingerprint density at radius 2 is 1.67 bits per heavy atom. The average molecular weight is 694 g/mol. The van der Waals surface area contributed by atoms with E-state index in [1.165, 1.54) is 0 Å². The lowest BCUT2D eigenvalue weighted by molar-refractivity contribution is -0.139. The number of carboxylic acids is 1. The number of nitrogens with one attached hydrogen (secondary N) is 1. The SMILES string of the molecule is COc1ccc(CN(C)C)c(OC)c1C1CCc2c(CC(NC(=O)c3c(F)cc(N4CCOCC4)cc3F)C(=O)O)cccc21.FC(F)F. The van der Waals surface area contributed by atoms with Crippen LogP contribution in [0.1, 0.15) is 50.5 Å². The van der Waals surface area contributed by atoms with E-state index in [2.05, 4.69) is 10.2 Å². The molecule has 0 spiro atoms. The van der Waals surface area contributed by atoms with Crippen LogP contribution < -0.4 is 19.7 Å². The zero-order chi connectivity index (χ0) is 35.8. The highest BCUT2D eigenvalue weighted by molar-refractivity contribution is 5.97. The van der Waals surface area contributed by atoms with E-state index in [1.54, 1.807) is 19.1 Å². The van der Waals surface area contributed by atoms with Gasteiger partial charge in [-0.15, -0.1) is 0 Å². The smallest absolute Gasteiger partial charge is 0.379 e. The third kappa shape index (κ3) is 8.98. The Morgan fingerprint density at radius 1 is 1.02 bits per heavy atom. The van der Waals surface area contributed by atoms with E-state index in [0.717, 1.165) is 52.1 Å². The molecule has 2 aliphatic rings. The van der Waals surface area contributed by atoms with E-state index in [4.69, 9.17) is 14.2 Å². The highest BCUT2D eigenvalue weighted by Gasteiger charge is 2.33. The minimum Gasteiger partial charge on any atom is -0.496 e. The first-order chi connectivity index (χ1) is 23.4. The lowest BCUT2D eigenvalue weighted by Crippen LogP contribution is -2.43. The van der Waals surface area contributed by atoms with Crippen LogP contribution in [0.25, 0.3) is 0 Å². The maximum Gasteiger partial charge on any atom is 0.379 e. The van der Waals surface area contributed by atoms with Crippen LogP contribution in [0.2, 0.25) is 0 Å². The summed E-state index contributed by atoms with van der Waals surface area (Å²) in [6, 6.07) is 10.4. The van der Waals surface area contributed by atoms with E-state index in [-0.39, 0.29) is 12.3 Å². The van der Waals surface area contributed by atoms with Gasteiger partial charge in [-0.05, 0) is 61.8 Å². The Labute approximate surface area is 281 Å². The van der Waals surface area contributed by atoms with Crippen LogP contribution in [0.5, 0.6) is 11.5 Å². The third-order valence-corrected chi connectivity index (χ3v) is 8.52. The second-order valence-corrected chi connectivity index (χ2v) is 11.9. The minimum atomic E-state index is -3.67. The number of methoxy groups -OCH3 is 2. The predicted molar refractivity (Wildman–Crippen MR) is 173 cm³/mol. The number of carbonyl (C=O) groups excluding carboxylic acids is 1. The number of carbonyl (C=O) groups is 2. The molecule has 1 amide bonds. The normalized spacial score (nSPS) is 16.1. The number of nitrogens with zero attached hydrogens (tertiary/aromatic N) is 2. The third-order valence-electron chi connectivity index (χ3n) is 8.52. The Balaban J connectivity index is 0.00000128. The summed E-state index contributed by atoms with van der Waals surface area (Å²) in [6.45, 7) is -1.19. The van der Waals surface area contributed by atoms with Crippen molar-refractivity contribution in [3.63, 3.8) is 0 Å². The molecule has 1 saturated heterocycles. The van der Waals surface area contributed by atoms with Crippen molar-refractivity contribution in [3.05, 3.63) is 87.5 Å². The maximum absolute atomic E-state index is 15.1. The second-order valence-electron chi connectivity index (χ2n) is 11.9. The van der Waals surface area contributed by atoms with Crippen LogP contribution in [0.3, 0.4) is 0 Å². The van der Waals surface area contributed by atoms with Crippen LogP contribution in [0.15, 0.2) is 42.5 Å².